The van der Waals surface area contributed by atoms with Crippen molar-refractivity contribution in [3.63, 3.8) is 0 Å². The first-order valence-corrected chi connectivity index (χ1v) is 5.41. The molecule has 4 N–H and O–H groups in total. The average molecular weight is 211 g/mol. The molecule has 4 nitrogen and oxygen atoms in total. The zero-order valence-corrected chi connectivity index (χ0v) is 8.50. The summed E-state index contributed by atoms with van der Waals surface area (Å²) in [4.78, 5) is 4.18. The van der Waals surface area contributed by atoms with Gasteiger partial charge in [0.2, 0.25) is 0 Å². The maximum Gasteiger partial charge on any atom is 0.119 e. The minimum atomic E-state index is -0.304. The molecule has 1 saturated heterocycles. The third kappa shape index (κ3) is 2.00. The zero-order chi connectivity index (χ0) is 9.97. The van der Waals surface area contributed by atoms with Crippen molar-refractivity contribution in [3.8, 4) is 0 Å². The first-order valence-electron chi connectivity index (χ1n) is 4.53. The highest BCUT2D eigenvalue weighted by Gasteiger charge is 2.26. The molecule has 0 spiro atoms. The number of aliphatic hydroxyl groups excluding tert-OH is 1. The molecule has 2 atom stereocenters. The second-order valence-corrected chi connectivity index (χ2v) is 4.51. The van der Waals surface area contributed by atoms with Gasteiger partial charge in [0, 0.05) is 19.3 Å². The Kier molecular flexibility index (Phi) is 2.90. The summed E-state index contributed by atoms with van der Waals surface area (Å²) in [5.74, 6) is 0. The van der Waals surface area contributed by atoms with Gasteiger partial charge in [0.15, 0.2) is 0 Å². The molecule has 76 valence electrons. The molecule has 0 aromatic carbocycles. The Labute approximate surface area is 86.9 Å². The molecule has 5 heteroatoms. The van der Waals surface area contributed by atoms with Gasteiger partial charge in [-0.05, 0) is 12.1 Å². The molecule has 2 heterocycles. The molecule has 1 aliphatic rings. The Bertz CT molecular complexity index is 321. The maximum atomic E-state index is 9.59. The van der Waals surface area contributed by atoms with E-state index in [0.29, 0.717) is 12.2 Å². The quantitative estimate of drug-likeness (QED) is 0.646. The van der Waals surface area contributed by atoms with Crippen molar-refractivity contribution in [3.05, 3.63) is 18.3 Å². The number of nitrogens with two attached hydrogens (primary N) is 1. The van der Waals surface area contributed by atoms with E-state index in [2.05, 4.69) is 10.3 Å². The number of nitrogens with zero attached hydrogens (tertiary/aromatic N) is 1. The van der Waals surface area contributed by atoms with Gasteiger partial charge in [0.05, 0.1) is 17.0 Å². The molecule has 2 rings (SSSR count). The average Bonchev–Trinajstić information content (AvgIpc) is 2.56. The van der Waals surface area contributed by atoms with E-state index in [-0.39, 0.29) is 11.4 Å². The molecule has 1 aromatic heterocycles. The SMILES string of the molecule is Nc1cccnc1SC1CNCC1O. The number of anilines is 1. The number of nitrogen functional groups attached to an aromatic ring is 1. The van der Waals surface area contributed by atoms with E-state index in [1.54, 1.807) is 6.20 Å². The summed E-state index contributed by atoms with van der Waals surface area (Å²) in [6, 6.07) is 3.63. The molecule has 2 unspecified atom stereocenters. The Morgan fingerprint density at radius 3 is 3.07 bits per heavy atom. The number of aromatic nitrogens is 1. The van der Waals surface area contributed by atoms with E-state index in [9.17, 15) is 5.11 Å². The topological polar surface area (TPSA) is 71.2 Å². The third-order valence-electron chi connectivity index (χ3n) is 2.19. The summed E-state index contributed by atoms with van der Waals surface area (Å²) < 4.78 is 0. The number of β-amino-alcohol motifs (C(OH)–C–C–N with tert-alkyl or cyclic N) is 1. The Morgan fingerprint density at radius 1 is 1.57 bits per heavy atom. The van der Waals surface area contributed by atoms with Crippen LogP contribution in [0.4, 0.5) is 5.69 Å². The highest BCUT2D eigenvalue weighted by molar-refractivity contribution is 8.00. The maximum absolute atomic E-state index is 9.59. The van der Waals surface area contributed by atoms with Gasteiger partial charge < -0.3 is 16.2 Å². The van der Waals surface area contributed by atoms with Gasteiger partial charge in [0.1, 0.15) is 5.03 Å². The van der Waals surface area contributed by atoms with Crippen molar-refractivity contribution < 1.29 is 5.11 Å². The smallest absolute Gasteiger partial charge is 0.119 e. The van der Waals surface area contributed by atoms with Crippen LogP contribution in [0, 0.1) is 0 Å². The summed E-state index contributed by atoms with van der Waals surface area (Å²) in [5.41, 5.74) is 6.44. The second-order valence-electron chi connectivity index (χ2n) is 3.28. The van der Waals surface area contributed by atoms with Crippen LogP contribution >= 0.6 is 11.8 Å². The molecule has 0 bridgehead atoms. The molecule has 1 fully saturated rings. The van der Waals surface area contributed by atoms with Crippen LogP contribution in [0.2, 0.25) is 0 Å². The zero-order valence-electron chi connectivity index (χ0n) is 7.68. The van der Waals surface area contributed by atoms with Crippen molar-refractivity contribution in [2.24, 2.45) is 0 Å². The van der Waals surface area contributed by atoms with E-state index in [0.717, 1.165) is 11.6 Å². The fourth-order valence-electron chi connectivity index (χ4n) is 1.41. The van der Waals surface area contributed by atoms with Crippen molar-refractivity contribution in [2.45, 2.75) is 16.4 Å². The van der Waals surface area contributed by atoms with Gasteiger partial charge in [-0.2, -0.15) is 0 Å². The van der Waals surface area contributed by atoms with Crippen LogP contribution < -0.4 is 11.1 Å². The Hall–Kier alpha value is -0.780. The normalized spacial score (nSPS) is 26.6. The minimum Gasteiger partial charge on any atom is -0.397 e. The molecule has 1 aliphatic heterocycles. The van der Waals surface area contributed by atoms with Crippen LogP contribution in [-0.2, 0) is 0 Å². The van der Waals surface area contributed by atoms with Crippen LogP contribution in [0.1, 0.15) is 0 Å². The summed E-state index contributed by atoms with van der Waals surface area (Å²) in [5, 5.41) is 13.7. The number of aliphatic hydroxyl groups is 1. The van der Waals surface area contributed by atoms with Gasteiger partial charge >= 0.3 is 0 Å². The van der Waals surface area contributed by atoms with E-state index in [1.807, 2.05) is 12.1 Å². The highest BCUT2D eigenvalue weighted by Crippen LogP contribution is 2.29. The van der Waals surface area contributed by atoms with Crippen molar-refractivity contribution in [1.82, 2.24) is 10.3 Å². The number of hydrogen-bond acceptors (Lipinski definition) is 5. The van der Waals surface area contributed by atoms with E-state index < -0.39 is 0 Å². The van der Waals surface area contributed by atoms with Gasteiger partial charge in [-0.3, -0.25) is 0 Å². The molecule has 0 aliphatic carbocycles. The number of rotatable bonds is 2. The summed E-state index contributed by atoms with van der Waals surface area (Å²) in [6.07, 6.45) is 1.41. The van der Waals surface area contributed by atoms with E-state index in [4.69, 9.17) is 5.73 Å². The molecule has 1 aromatic rings. The van der Waals surface area contributed by atoms with Crippen LogP contribution in [0.25, 0.3) is 0 Å². The fourth-order valence-corrected chi connectivity index (χ4v) is 2.47. The van der Waals surface area contributed by atoms with Crippen LogP contribution in [-0.4, -0.2) is 34.5 Å². The highest BCUT2D eigenvalue weighted by atomic mass is 32.2. The first kappa shape index (κ1) is 9.76. The molecular weight excluding hydrogens is 198 g/mol. The van der Waals surface area contributed by atoms with Gasteiger partial charge in [-0.25, -0.2) is 4.98 Å². The molecule has 0 radical (unpaired) electrons. The standard InChI is InChI=1S/C9H13N3OS/c10-6-2-1-3-12-9(6)14-8-5-11-4-7(8)13/h1-3,7-8,11,13H,4-5,10H2. The largest absolute Gasteiger partial charge is 0.397 e. The van der Waals surface area contributed by atoms with E-state index in [1.165, 1.54) is 11.8 Å². The first-order chi connectivity index (χ1) is 6.77. The van der Waals surface area contributed by atoms with E-state index >= 15 is 0 Å². The number of pyridine rings is 1. The monoisotopic (exact) mass is 211 g/mol. The summed E-state index contributed by atoms with van der Waals surface area (Å²) in [7, 11) is 0. The second kappa shape index (κ2) is 4.16. The predicted octanol–water partition coefficient (Wildman–Crippen LogP) is 0.0886. The lowest BCUT2D eigenvalue weighted by molar-refractivity contribution is 0.201. The fraction of sp³-hybridized carbons (Fsp3) is 0.444. The number of thioether (sulfide) groups is 1. The lowest BCUT2D eigenvalue weighted by Gasteiger charge is -2.12. The van der Waals surface area contributed by atoms with Crippen molar-refractivity contribution in [1.29, 1.82) is 0 Å². The number of nitrogens with one attached hydrogen (secondary N) is 1. The van der Waals surface area contributed by atoms with Crippen molar-refractivity contribution >= 4 is 17.4 Å². The molecule has 14 heavy (non-hydrogen) atoms. The molecule has 0 amide bonds. The Morgan fingerprint density at radius 2 is 2.43 bits per heavy atom. The van der Waals surface area contributed by atoms with Crippen LogP contribution in [0.3, 0.4) is 0 Å². The third-order valence-corrected chi connectivity index (χ3v) is 3.54. The molecular formula is C9H13N3OS. The lowest BCUT2D eigenvalue weighted by atomic mass is 10.3. The van der Waals surface area contributed by atoms with Gasteiger partial charge in [-0.1, -0.05) is 11.8 Å². The van der Waals surface area contributed by atoms with Crippen molar-refractivity contribution in [2.75, 3.05) is 18.8 Å². The predicted molar refractivity (Wildman–Crippen MR) is 57.2 cm³/mol. The summed E-state index contributed by atoms with van der Waals surface area (Å²) >= 11 is 1.54. The summed E-state index contributed by atoms with van der Waals surface area (Å²) in [6.45, 7) is 1.46. The number of hydrogen-bond donors (Lipinski definition) is 3. The minimum absolute atomic E-state index is 0.159. The van der Waals surface area contributed by atoms with Crippen LogP contribution in [0.15, 0.2) is 23.4 Å². The van der Waals surface area contributed by atoms with Gasteiger partial charge in [-0.15, -0.1) is 0 Å². The molecule has 0 saturated carbocycles. The van der Waals surface area contributed by atoms with Gasteiger partial charge in [0.25, 0.3) is 0 Å². The Balaban J connectivity index is 2.07. The van der Waals surface area contributed by atoms with Crippen LogP contribution in [0.5, 0.6) is 0 Å². The lowest BCUT2D eigenvalue weighted by Crippen LogP contribution is -2.20.